The van der Waals surface area contributed by atoms with Gasteiger partial charge >= 0.3 is 0 Å². The van der Waals surface area contributed by atoms with Crippen molar-refractivity contribution in [2.45, 2.75) is 56.5 Å². The van der Waals surface area contributed by atoms with Gasteiger partial charge < -0.3 is 10.7 Å². The van der Waals surface area contributed by atoms with Crippen LogP contribution >= 0.6 is 11.8 Å². The van der Waals surface area contributed by atoms with Crippen LogP contribution in [0.4, 0.5) is 5.69 Å². The lowest BCUT2D eigenvalue weighted by molar-refractivity contribution is -0.116. The highest BCUT2D eigenvalue weighted by molar-refractivity contribution is 8.00. The fraction of sp³-hybridized carbons (Fsp3) is 0.348. The van der Waals surface area contributed by atoms with Gasteiger partial charge in [-0.25, -0.2) is 4.68 Å². The van der Waals surface area contributed by atoms with Gasteiger partial charge in [-0.05, 0) is 42.5 Å². The highest BCUT2D eigenvalue weighted by Gasteiger charge is 2.37. The van der Waals surface area contributed by atoms with Gasteiger partial charge in [0.15, 0.2) is 5.82 Å². The molecule has 7 heteroatoms. The highest BCUT2D eigenvalue weighted by Crippen LogP contribution is 2.38. The number of fused-ring (bicyclic) bond motifs is 1. The maximum absolute atomic E-state index is 13.3. The lowest BCUT2D eigenvalue weighted by Crippen LogP contribution is -2.41. The molecule has 0 radical (unpaired) electrons. The molecule has 156 valence electrons. The molecule has 2 N–H and O–H groups in total. The fourth-order valence-electron chi connectivity index (χ4n) is 3.61. The smallest absolute Gasteiger partial charge is 0.240 e. The van der Waals surface area contributed by atoms with Gasteiger partial charge in [-0.1, -0.05) is 68.1 Å². The van der Waals surface area contributed by atoms with E-state index in [4.69, 9.17) is 0 Å². The Balaban J connectivity index is 1.67. The summed E-state index contributed by atoms with van der Waals surface area (Å²) in [5.41, 5.74) is 7.75. The average Bonchev–Trinajstić information content (AvgIpc) is 3.16. The van der Waals surface area contributed by atoms with Crippen molar-refractivity contribution in [1.82, 2.24) is 14.9 Å². The zero-order valence-electron chi connectivity index (χ0n) is 17.6. The molecular formula is C23H27N5OS. The molecule has 1 aromatic heterocycles. The van der Waals surface area contributed by atoms with Crippen LogP contribution in [0.25, 0.3) is 0 Å². The lowest BCUT2D eigenvalue weighted by Gasteiger charge is -2.33. The molecule has 1 amide bonds. The van der Waals surface area contributed by atoms with Gasteiger partial charge in [-0.15, -0.1) is 10.2 Å². The number of carbonyl (C=O) groups excluding carboxylic acids is 1. The maximum atomic E-state index is 13.3. The first kappa shape index (κ1) is 20.5. The summed E-state index contributed by atoms with van der Waals surface area (Å²) in [6, 6.07) is 16.1. The number of carbonyl (C=O) groups is 1. The van der Waals surface area contributed by atoms with E-state index >= 15 is 0 Å². The summed E-state index contributed by atoms with van der Waals surface area (Å²) in [4.78, 5) is 13.3. The second-order valence-electron chi connectivity index (χ2n) is 7.53. The van der Waals surface area contributed by atoms with E-state index in [0.717, 1.165) is 47.1 Å². The Bertz CT molecular complexity index is 1030. The SMILES string of the molecule is CCCc1nnc2n1N[C@H](c1ccc(CC)cc1)[C@@H](C(=O)Nc1ccccc1C)S2. The van der Waals surface area contributed by atoms with E-state index in [2.05, 4.69) is 59.1 Å². The van der Waals surface area contributed by atoms with Crippen LogP contribution in [0.3, 0.4) is 0 Å². The Morgan fingerprint density at radius 2 is 1.90 bits per heavy atom. The molecular weight excluding hydrogens is 394 g/mol. The molecule has 4 rings (SSSR count). The van der Waals surface area contributed by atoms with Gasteiger partial charge in [-0.2, -0.15) is 0 Å². The summed E-state index contributed by atoms with van der Waals surface area (Å²) in [7, 11) is 0. The van der Waals surface area contributed by atoms with Crippen LogP contribution in [0.1, 0.15) is 48.8 Å². The number of aryl methyl sites for hydroxylation is 3. The highest BCUT2D eigenvalue weighted by atomic mass is 32.2. The molecule has 0 unspecified atom stereocenters. The molecule has 0 saturated carbocycles. The Morgan fingerprint density at radius 3 is 2.60 bits per heavy atom. The normalized spacial score (nSPS) is 17.8. The van der Waals surface area contributed by atoms with Crippen LogP contribution < -0.4 is 10.7 Å². The van der Waals surface area contributed by atoms with Crippen molar-refractivity contribution in [3.63, 3.8) is 0 Å². The van der Waals surface area contributed by atoms with E-state index < -0.39 is 0 Å². The van der Waals surface area contributed by atoms with Crippen molar-refractivity contribution < 1.29 is 4.79 Å². The standard InChI is InChI=1S/C23H27N5OS/c1-4-8-19-25-26-23-28(19)27-20(17-13-11-16(5-2)12-14-17)21(30-23)22(29)24-18-10-7-6-9-15(18)3/h6-7,9-14,20-21,27H,4-5,8H2,1-3H3,(H,24,29)/t20-,21+/m1/s1. The third-order valence-corrected chi connectivity index (χ3v) is 6.60. The molecule has 30 heavy (non-hydrogen) atoms. The largest absolute Gasteiger partial charge is 0.325 e. The number of amides is 1. The number of rotatable bonds is 6. The zero-order valence-corrected chi connectivity index (χ0v) is 18.4. The van der Waals surface area contributed by atoms with Crippen LogP contribution in [0.15, 0.2) is 53.7 Å². The quantitative estimate of drug-likeness (QED) is 0.613. The molecule has 0 saturated heterocycles. The Kier molecular flexibility index (Phi) is 6.08. The number of aromatic nitrogens is 3. The Labute approximate surface area is 181 Å². The number of hydrogen-bond acceptors (Lipinski definition) is 5. The number of hydrogen-bond donors (Lipinski definition) is 2. The third kappa shape index (κ3) is 4.07. The first-order chi connectivity index (χ1) is 14.6. The average molecular weight is 422 g/mol. The molecule has 2 heterocycles. The van der Waals surface area contributed by atoms with Crippen LogP contribution in [0.5, 0.6) is 0 Å². The first-order valence-corrected chi connectivity index (χ1v) is 11.3. The van der Waals surface area contributed by atoms with E-state index in [1.807, 2.05) is 35.9 Å². The Morgan fingerprint density at radius 1 is 1.13 bits per heavy atom. The van der Waals surface area contributed by atoms with E-state index in [0.29, 0.717) is 0 Å². The predicted molar refractivity (Wildman–Crippen MR) is 121 cm³/mol. The maximum Gasteiger partial charge on any atom is 0.240 e. The number of nitrogens with zero attached hydrogens (tertiary/aromatic N) is 3. The van der Waals surface area contributed by atoms with Crippen LogP contribution in [-0.4, -0.2) is 26.0 Å². The number of nitrogens with one attached hydrogen (secondary N) is 2. The number of anilines is 1. The van der Waals surface area contributed by atoms with Crippen molar-refractivity contribution in [2.75, 3.05) is 10.7 Å². The van der Waals surface area contributed by atoms with E-state index in [9.17, 15) is 4.79 Å². The van der Waals surface area contributed by atoms with Crippen molar-refractivity contribution in [3.8, 4) is 0 Å². The molecule has 0 aliphatic carbocycles. The van der Waals surface area contributed by atoms with E-state index in [-0.39, 0.29) is 17.2 Å². The molecule has 1 aliphatic rings. The minimum absolute atomic E-state index is 0.0438. The van der Waals surface area contributed by atoms with Gasteiger partial charge in [0.2, 0.25) is 11.1 Å². The molecule has 2 atom stereocenters. The van der Waals surface area contributed by atoms with E-state index in [1.165, 1.54) is 17.3 Å². The molecule has 1 aliphatic heterocycles. The van der Waals surface area contributed by atoms with Gasteiger partial charge in [0, 0.05) is 12.1 Å². The van der Waals surface area contributed by atoms with Crippen LogP contribution in [-0.2, 0) is 17.6 Å². The van der Waals surface area contributed by atoms with Crippen molar-refractivity contribution in [3.05, 3.63) is 71.0 Å². The summed E-state index contributed by atoms with van der Waals surface area (Å²) in [6.45, 7) is 6.26. The van der Waals surface area contributed by atoms with Gasteiger partial charge in [0.25, 0.3) is 0 Å². The van der Waals surface area contributed by atoms with E-state index in [1.54, 1.807) is 0 Å². The number of benzene rings is 2. The van der Waals surface area contributed by atoms with Crippen LogP contribution in [0.2, 0.25) is 0 Å². The topological polar surface area (TPSA) is 71.8 Å². The molecule has 0 bridgehead atoms. The number of thioether (sulfide) groups is 1. The minimum Gasteiger partial charge on any atom is -0.325 e. The van der Waals surface area contributed by atoms with Crippen molar-refractivity contribution >= 4 is 23.4 Å². The molecule has 2 aromatic carbocycles. The lowest BCUT2D eigenvalue weighted by atomic mass is 10.0. The summed E-state index contributed by atoms with van der Waals surface area (Å²) < 4.78 is 1.95. The summed E-state index contributed by atoms with van der Waals surface area (Å²) in [6.07, 6.45) is 2.81. The third-order valence-electron chi connectivity index (χ3n) is 5.39. The monoisotopic (exact) mass is 421 g/mol. The van der Waals surface area contributed by atoms with Gasteiger partial charge in [-0.3, -0.25) is 4.79 Å². The second-order valence-corrected chi connectivity index (χ2v) is 8.64. The fourth-order valence-corrected chi connectivity index (χ4v) is 4.71. The molecule has 0 fully saturated rings. The summed E-state index contributed by atoms with van der Waals surface area (Å²) in [5, 5.41) is 12.1. The number of para-hydroxylation sites is 1. The molecule has 3 aromatic rings. The Hall–Kier alpha value is -2.80. The second kappa shape index (κ2) is 8.92. The zero-order chi connectivity index (χ0) is 21.1. The van der Waals surface area contributed by atoms with Gasteiger partial charge in [0.1, 0.15) is 5.25 Å². The summed E-state index contributed by atoms with van der Waals surface area (Å²) >= 11 is 1.46. The van der Waals surface area contributed by atoms with Crippen molar-refractivity contribution in [1.29, 1.82) is 0 Å². The van der Waals surface area contributed by atoms with Gasteiger partial charge in [0.05, 0.1) is 6.04 Å². The molecule has 0 spiro atoms. The van der Waals surface area contributed by atoms with Crippen molar-refractivity contribution in [2.24, 2.45) is 0 Å². The van der Waals surface area contributed by atoms with Crippen LogP contribution in [0, 0.1) is 6.92 Å². The predicted octanol–water partition coefficient (Wildman–Crippen LogP) is 4.50. The molecule has 6 nitrogen and oxygen atoms in total. The minimum atomic E-state index is -0.372. The summed E-state index contributed by atoms with van der Waals surface area (Å²) in [5.74, 6) is 0.852. The first-order valence-electron chi connectivity index (χ1n) is 10.4.